The molecule has 88 valence electrons. The zero-order valence-electron chi connectivity index (χ0n) is 9.21. The fraction of sp³-hybridized carbons (Fsp3) is 0.182. The first-order chi connectivity index (χ1) is 8.20. The molecule has 2 rings (SSSR count). The van der Waals surface area contributed by atoms with Gasteiger partial charge >= 0.3 is 0 Å². The first-order valence-corrected chi connectivity index (χ1v) is 5.92. The van der Waals surface area contributed by atoms with Crippen LogP contribution in [-0.2, 0) is 6.54 Å². The van der Waals surface area contributed by atoms with Crippen molar-refractivity contribution in [2.75, 3.05) is 7.05 Å². The Morgan fingerprint density at radius 1 is 1.41 bits per heavy atom. The van der Waals surface area contributed by atoms with Crippen molar-refractivity contribution in [3.63, 3.8) is 0 Å². The van der Waals surface area contributed by atoms with E-state index in [9.17, 15) is 10.1 Å². The van der Waals surface area contributed by atoms with Crippen LogP contribution in [0.15, 0.2) is 29.6 Å². The van der Waals surface area contributed by atoms with E-state index in [0.29, 0.717) is 0 Å². The summed E-state index contributed by atoms with van der Waals surface area (Å²) in [5, 5.41) is 16.5. The number of thiazole rings is 1. The van der Waals surface area contributed by atoms with E-state index in [1.54, 1.807) is 23.5 Å². The molecule has 0 spiro atoms. The van der Waals surface area contributed by atoms with Crippen molar-refractivity contribution in [3.05, 3.63) is 44.8 Å². The van der Waals surface area contributed by atoms with Gasteiger partial charge in [-0.15, -0.1) is 11.3 Å². The number of benzene rings is 1. The van der Waals surface area contributed by atoms with Gasteiger partial charge in [0.15, 0.2) is 0 Å². The number of nitro benzene ring substituents is 1. The lowest BCUT2D eigenvalue weighted by Crippen LogP contribution is -2.04. The minimum absolute atomic E-state index is 0.0967. The van der Waals surface area contributed by atoms with E-state index in [0.717, 1.165) is 22.8 Å². The molecule has 0 amide bonds. The molecule has 0 aliphatic carbocycles. The van der Waals surface area contributed by atoms with Crippen molar-refractivity contribution < 1.29 is 4.92 Å². The highest BCUT2D eigenvalue weighted by Gasteiger charge is 2.07. The Morgan fingerprint density at radius 2 is 2.12 bits per heavy atom. The molecule has 0 saturated carbocycles. The molecule has 1 N–H and O–H groups in total. The number of non-ortho nitro benzene ring substituents is 1. The van der Waals surface area contributed by atoms with Crippen molar-refractivity contribution in [2.45, 2.75) is 6.54 Å². The summed E-state index contributed by atoms with van der Waals surface area (Å²) in [6, 6.07) is 6.42. The van der Waals surface area contributed by atoms with Gasteiger partial charge in [0, 0.05) is 29.6 Å². The van der Waals surface area contributed by atoms with Gasteiger partial charge in [-0.2, -0.15) is 0 Å². The van der Waals surface area contributed by atoms with E-state index in [-0.39, 0.29) is 5.69 Å². The molecule has 0 bridgehead atoms. The molecule has 1 heterocycles. The lowest BCUT2D eigenvalue weighted by molar-refractivity contribution is -0.384. The first kappa shape index (κ1) is 11.7. The average Bonchev–Trinajstić information content (AvgIpc) is 2.78. The van der Waals surface area contributed by atoms with Crippen LogP contribution < -0.4 is 5.32 Å². The molecular formula is C11H11N3O2S. The summed E-state index contributed by atoms with van der Waals surface area (Å²) in [6.45, 7) is 0.734. The van der Waals surface area contributed by atoms with Crippen LogP contribution in [0.4, 0.5) is 5.69 Å². The van der Waals surface area contributed by atoms with Crippen molar-refractivity contribution in [1.82, 2.24) is 10.3 Å². The zero-order chi connectivity index (χ0) is 12.3. The monoisotopic (exact) mass is 249 g/mol. The molecule has 0 atom stereocenters. The van der Waals surface area contributed by atoms with Crippen LogP contribution in [0.25, 0.3) is 11.3 Å². The predicted molar refractivity (Wildman–Crippen MR) is 67.0 cm³/mol. The summed E-state index contributed by atoms with van der Waals surface area (Å²) < 4.78 is 0. The van der Waals surface area contributed by atoms with Gasteiger partial charge < -0.3 is 5.32 Å². The number of nitro groups is 1. The number of aromatic nitrogens is 1. The van der Waals surface area contributed by atoms with Gasteiger partial charge in [-0.3, -0.25) is 10.1 Å². The minimum Gasteiger partial charge on any atom is -0.314 e. The third-order valence-electron chi connectivity index (χ3n) is 2.25. The molecule has 6 heteroatoms. The largest absolute Gasteiger partial charge is 0.314 e. The topological polar surface area (TPSA) is 68.1 Å². The lowest BCUT2D eigenvalue weighted by Gasteiger charge is -1.96. The standard InChI is InChI=1S/C11H11N3O2S/c1-12-6-11-13-10(7-17-11)8-2-4-9(5-3-8)14(15)16/h2-5,7,12H,6H2,1H3. The van der Waals surface area contributed by atoms with Crippen LogP contribution in [0.2, 0.25) is 0 Å². The highest BCUT2D eigenvalue weighted by atomic mass is 32.1. The summed E-state index contributed by atoms with van der Waals surface area (Å²) in [5.41, 5.74) is 1.85. The first-order valence-electron chi connectivity index (χ1n) is 5.04. The number of hydrogen-bond donors (Lipinski definition) is 1. The molecule has 0 aliphatic heterocycles. The van der Waals surface area contributed by atoms with E-state index in [1.165, 1.54) is 12.1 Å². The number of nitrogens with zero attached hydrogens (tertiary/aromatic N) is 2. The summed E-state index contributed by atoms with van der Waals surface area (Å²) in [4.78, 5) is 14.5. The van der Waals surface area contributed by atoms with Crippen LogP contribution in [0.3, 0.4) is 0 Å². The Kier molecular flexibility index (Phi) is 3.46. The van der Waals surface area contributed by atoms with Gasteiger partial charge in [0.05, 0.1) is 10.6 Å². The highest BCUT2D eigenvalue weighted by Crippen LogP contribution is 2.23. The van der Waals surface area contributed by atoms with Crippen molar-refractivity contribution >= 4 is 17.0 Å². The smallest absolute Gasteiger partial charge is 0.269 e. The average molecular weight is 249 g/mol. The fourth-order valence-corrected chi connectivity index (χ4v) is 2.24. The Hall–Kier alpha value is -1.79. The van der Waals surface area contributed by atoms with E-state index in [1.807, 2.05) is 12.4 Å². The molecule has 2 aromatic rings. The maximum absolute atomic E-state index is 10.5. The van der Waals surface area contributed by atoms with Gasteiger partial charge in [0.2, 0.25) is 0 Å². The Morgan fingerprint density at radius 3 is 2.71 bits per heavy atom. The third kappa shape index (κ3) is 2.66. The quantitative estimate of drug-likeness (QED) is 0.667. The maximum Gasteiger partial charge on any atom is 0.269 e. The number of rotatable bonds is 4. The maximum atomic E-state index is 10.5. The summed E-state index contributed by atoms with van der Waals surface area (Å²) in [7, 11) is 1.87. The SMILES string of the molecule is CNCc1nc(-c2ccc([N+](=O)[O-])cc2)cs1. The number of hydrogen-bond acceptors (Lipinski definition) is 5. The van der Waals surface area contributed by atoms with E-state index in [2.05, 4.69) is 10.3 Å². The molecule has 0 unspecified atom stereocenters. The normalized spacial score (nSPS) is 10.4. The summed E-state index contributed by atoms with van der Waals surface area (Å²) >= 11 is 1.57. The molecule has 1 aromatic heterocycles. The molecule has 17 heavy (non-hydrogen) atoms. The lowest BCUT2D eigenvalue weighted by atomic mass is 10.1. The Labute approximate surface area is 102 Å². The second kappa shape index (κ2) is 5.03. The molecule has 0 saturated heterocycles. The van der Waals surface area contributed by atoms with E-state index < -0.39 is 4.92 Å². The van der Waals surface area contributed by atoms with E-state index in [4.69, 9.17) is 0 Å². The predicted octanol–water partition coefficient (Wildman–Crippen LogP) is 2.44. The Balaban J connectivity index is 2.23. The molecule has 0 fully saturated rings. The number of nitrogens with one attached hydrogen (secondary N) is 1. The molecule has 5 nitrogen and oxygen atoms in total. The van der Waals surface area contributed by atoms with Crippen LogP contribution in [0.5, 0.6) is 0 Å². The molecular weight excluding hydrogens is 238 g/mol. The van der Waals surface area contributed by atoms with Crippen LogP contribution >= 0.6 is 11.3 Å². The van der Waals surface area contributed by atoms with E-state index >= 15 is 0 Å². The second-order valence-corrected chi connectivity index (χ2v) is 4.40. The van der Waals surface area contributed by atoms with Crippen LogP contribution in [0, 0.1) is 10.1 Å². The highest BCUT2D eigenvalue weighted by molar-refractivity contribution is 7.09. The minimum atomic E-state index is -0.405. The summed E-state index contributed by atoms with van der Waals surface area (Å²) in [5.74, 6) is 0. The summed E-state index contributed by atoms with van der Waals surface area (Å²) in [6.07, 6.45) is 0. The van der Waals surface area contributed by atoms with Crippen molar-refractivity contribution in [3.8, 4) is 11.3 Å². The fourth-order valence-electron chi connectivity index (χ4n) is 1.43. The van der Waals surface area contributed by atoms with Crippen molar-refractivity contribution in [2.24, 2.45) is 0 Å². The van der Waals surface area contributed by atoms with Gasteiger partial charge in [-0.05, 0) is 19.2 Å². The van der Waals surface area contributed by atoms with Crippen LogP contribution in [0.1, 0.15) is 5.01 Å². The van der Waals surface area contributed by atoms with Gasteiger partial charge in [0.1, 0.15) is 5.01 Å². The van der Waals surface area contributed by atoms with Crippen molar-refractivity contribution in [1.29, 1.82) is 0 Å². The molecule has 1 aromatic carbocycles. The second-order valence-electron chi connectivity index (χ2n) is 3.46. The van der Waals surface area contributed by atoms with Crippen LogP contribution in [-0.4, -0.2) is 17.0 Å². The van der Waals surface area contributed by atoms with Gasteiger partial charge in [0.25, 0.3) is 5.69 Å². The van der Waals surface area contributed by atoms with Gasteiger partial charge in [-0.1, -0.05) is 0 Å². The Bertz CT molecular complexity index is 522. The molecule has 0 radical (unpaired) electrons. The third-order valence-corrected chi connectivity index (χ3v) is 3.10. The molecule has 0 aliphatic rings. The van der Waals surface area contributed by atoms with Gasteiger partial charge in [-0.25, -0.2) is 4.98 Å². The zero-order valence-corrected chi connectivity index (χ0v) is 10.0.